The van der Waals surface area contributed by atoms with Crippen molar-refractivity contribution in [1.29, 1.82) is 0 Å². The van der Waals surface area contributed by atoms with E-state index < -0.39 is 42.7 Å². The van der Waals surface area contributed by atoms with E-state index in [1.807, 2.05) is 30.3 Å². The maximum absolute atomic E-state index is 13.3. The summed E-state index contributed by atoms with van der Waals surface area (Å²) in [4.78, 5) is 13.3. The van der Waals surface area contributed by atoms with Crippen LogP contribution in [0, 0.1) is 12.8 Å². The minimum Gasteiger partial charge on any atom is -0.506 e. The molecule has 220 valence electrons. The van der Waals surface area contributed by atoms with E-state index in [4.69, 9.17) is 14.2 Å². The number of carbonyl (C=O) groups is 1. The van der Waals surface area contributed by atoms with Gasteiger partial charge in [0.2, 0.25) is 6.29 Å². The quantitative estimate of drug-likeness (QED) is 0.282. The van der Waals surface area contributed by atoms with Crippen molar-refractivity contribution >= 4 is 38.1 Å². The van der Waals surface area contributed by atoms with Gasteiger partial charge in [-0.15, -0.1) is 0 Å². The Bertz CT molecular complexity index is 1390. The molecule has 5 N–H and O–H groups in total. The SMILES string of the molecule is COc1cc2c3c(O)c(c(C)cc3c1)C(=O)CCSSC[C@@H](Cc1ccccc1)[C@@H](O)[C@@H]1O[C@H](O2)[C@H](O)[C@@H](O)[C@@H]1O. The summed E-state index contributed by atoms with van der Waals surface area (Å²) in [6, 6.07) is 14.5. The molecule has 3 aromatic rings. The number of hydrogen-bond acceptors (Lipinski definition) is 11. The van der Waals surface area contributed by atoms with Crippen molar-refractivity contribution in [1.82, 2.24) is 0 Å². The van der Waals surface area contributed by atoms with Crippen molar-refractivity contribution in [3.63, 3.8) is 0 Å². The fourth-order valence-electron chi connectivity index (χ4n) is 5.45. The Morgan fingerprint density at radius 1 is 0.976 bits per heavy atom. The Morgan fingerprint density at radius 2 is 1.73 bits per heavy atom. The van der Waals surface area contributed by atoms with E-state index in [-0.39, 0.29) is 34.7 Å². The largest absolute Gasteiger partial charge is 0.506 e. The molecule has 0 amide bonds. The van der Waals surface area contributed by atoms with E-state index in [9.17, 15) is 30.3 Å². The topological polar surface area (TPSA) is 146 Å². The second kappa shape index (κ2) is 12.8. The van der Waals surface area contributed by atoms with Gasteiger partial charge >= 0.3 is 0 Å². The molecule has 7 atom stereocenters. The normalized spacial score (nSPS) is 29.3. The Hall–Kier alpha value is -2.51. The molecular formula is C30H34O9S2. The number of hydrogen-bond donors (Lipinski definition) is 5. The second-order valence-corrected chi connectivity index (χ2v) is 13.0. The van der Waals surface area contributed by atoms with E-state index >= 15 is 0 Å². The van der Waals surface area contributed by atoms with Crippen molar-refractivity contribution in [2.75, 3.05) is 18.6 Å². The van der Waals surface area contributed by atoms with Crippen LogP contribution in [-0.4, -0.2) is 86.7 Å². The zero-order valence-corrected chi connectivity index (χ0v) is 24.3. The fourth-order valence-corrected chi connectivity index (χ4v) is 7.84. The third-order valence-electron chi connectivity index (χ3n) is 7.65. The summed E-state index contributed by atoms with van der Waals surface area (Å²) in [5.41, 5.74) is 1.76. The smallest absolute Gasteiger partial charge is 0.229 e. The lowest BCUT2D eigenvalue weighted by Gasteiger charge is -2.43. The molecule has 2 aliphatic rings. The molecule has 9 nitrogen and oxygen atoms in total. The number of ether oxygens (including phenoxy) is 3. The number of rotatable bonds is 3. The number of fused-ring (bicyclic) bond motifs is 3. The summed E-state index contributed by atoms with van der Waals surface area (Å²) in [5.74, 6) is 0.486. The molecule has 0 saturated carbocycles. The van der Waals surface area contributed by atoms with E-state index in [0.29, 0.717) is 34.6 Å². The molecule has 0 aliphatic carbocycles. The molecule has 1 fully saturated rings. The first-order chi connectivity index (χ1) is 19.7. The van der Waals surface area contributed by atoms with Gasteiger partial charge in [-0.1, -0.05) is 58.0 Å². The lowest BCUT2D eigenvalue weighted by molar-refractivity contribution is -0.291. The van der Waals surface area contributed by atoms with Crippen molar-refractivity contribution in [2.45, 2.75) is 56.6 Å². The minimum absolute atomic E-state index is 0.0460. The number of benzene rings is 3. The summed E-state index contributed by atoms with van der Waals surface area (Å²) in [5, 5.41) is 56.1. The fraction of sp³-hybridized carbons (Fsp3) is 0.433. The third-order valence-corrected chi connectivity index (χ3v) is 10.2. The van der Waals surface area contributed by atoms with Gasteiger partial charge in [-0.05, 0) is 35.9 Å². The Labute approximate surface area is 245 Å². The molecule has 5 rings (SSSR count). The highest BCUT2D eigenvalue weighted by Crippen LogP contribution is 2.43. The zero-order valence-electron chi connectivity index (χ0n) is 22.7. The minimum atomic E-state index is -1.68. The molecule has 0 aromatic heterocycles. The summed E-state index contributed by atoms with van der Waals surface area (Å²) < 4.78 is 17.5. The van der Waals surface area contributed by atoms with Crippen molar-refractivity contribution < 1.29 is 44.5 Å². The standard InChI is InChI=1S/C30H34O9S2/c1-15-10-17-12-19(37-2)13-21-23(17)25(33)22(15)20(31)8-9-40-41-14-18(11-16-6-4-3-5-7-16)24(32)29-27(35)26(34)28(36)30(38-21)39-29/h3-7,10,12-13,18,24,26-30,32-36H,8-9,11,14H2,1-2H3/t18-,24-,26+,27+,28-,29+,30+/m1/s1. The van der Waals surface area contributed by atoms with Crippen molar-refractivity contribution in [3.05, 3.63) is 65.2 Å². The van der Waals surface area contributed by atoms with E-state index in [0.717, 1.165) is 5.56 Å². The second-order valence-electron chi connectivity index (χ2n) is 10.4. The van der Waals surface area contributed by atoms with Gasteiger partial charge in [0.25, 0.3) is 0 Å². The molecule has 1 saturated heterocycles. The number of phenolic OH excluding ortho intramolecular Hbond substituents is 1. The number of aromatic hydroxyl groups is 1. The molecule has 4 bridgehead atoms. The summed E-state index contributed by atoms with van der Waals surface area (Å²) in [6.45, 7) is 1.75. The number of phenols is 1. The van der Waals surface area contributed by atoms with Gasteiger partial charge in [-0.25, -0.2) is 0 Å². The Balaban J connectivity index is 1.58. The summed E-state index contributed by atoms with van der Waals surface area (Å²) >= 11 is 0. The molecular weight excluding hydrogens is 568 g/mol. The number of Topliss-reactive ketones (excluding diaryl/α,β-unsaturated/α-hetero) is 1. The molecule has 0 spiro atoms. The first-order valence-corrected chi connectivity index (χ1v) is 15.9. The highest BCUT2D eigenvalue weighted by atomic mass is 33.1. The van der Waals surface area contributed by atoms with Gasteiger partial charge < -0.3 is 39.7 Å². The first kappa shape index (κ1) is 30.0. The number of methoxy groups -OCH3 is 1. The molecule has 11 heteroatoms. The highest BCUT2D eigenvalue weighted by Gasteiger charge is 2.49. The number of carbonyl (C=O) groups excluding carboxylic acids is 1. The van der Waals surface area contributed by atoms with Crippen molar-refractivity contribution in [3.8, 4) is 17.2 Å². The van der Waals surface area contributed by atoms with Gasteiger partial charge in [0.15, 0.2) is 5.78 Å². The van der Waals surface area contributed by atoms with Gasteiger partial charge in [0.05, 0.1) is 24.2 Å². The van der Waals surface area contributed by atoms with Crippen LogP contribution < -0.4 is 9.47 Å². The van der Waals surface area contributed by atoms with Crippen LogP contribution in [-0.2, 0) is 11.2 Å². The molecule has 2 aliphatic heterocycles. The van der Waals surface area contributed by atoms with Gasteiger partial charge in [-0.3, -0.25) is 4.79 Å². The van der Waals surface area contributed by atoms with Crippen molar-refractivity contribution in [2.24, 2.45) is 5.92 Å². The summed E-state index contributed by atoms with van der Waals surface area (Å²) in [7, 11) is 4.44. The maximum atomic E-state index is 13.3. The first-order valence-electron chi connectivity index (χ1n) is 13.4. The third kappa shape index (κ3) is 6.17. The van der Waals surface area contributed by atoms with Crippen LogP contribution in [0.25, 0.3) is 10.8 Å². The van der Waals surface area contributed by atoms with Gasteiger partial charge in [0.1, 0.15) is 41.7 Å². The number of ketones is 1. The molecule has 41 heavy (non-hydrogen) atoms. The van der Waals surface area contributed by atoms with Crippen LogP contribution in [0.2, 0.25) is 0 Å². The number of aliphatic hydroxyl groups excluding tert-OH is 4. The number of aliphatic hydroxyl groups is 4. The molecule has 0 unspecified atom stereocenters. The lowest BCUT2D eigenvalue weighted by Crippen LogP contribution is -2.63. The molecule has 2 heterocycles. The Morgan fingerprint density at radius 3 is 2.46 bits per heavy atom. The van der Waals surface area contributed by atoms with Crippen LogP contribution >= 0.6 is 21.6 Å². The van der Waals surface area contributed by atoms with E-state index in [1.54, 1.807) is 19.1 Å². The predicted octanol–water partition coefficient (Wildman–Crippen LogP) is 3.24. The van der Waals surface area contributed by atoms with E-state index in [1.165, 1.54) is 34.8 Å². The molecule has 0 radical (unpaired) electrons. The maximum Gasteiger partial charge on any atom is 0.229 e. The van der Waals surface area contributed by atoms with Crippen LogP contribution in [0.4, 0.5) is 0 Å². The van der Waals surface area contributed by atoms with Crippen LogP contribution in [0.5, 0.6) is 17.2 Å². The van der Waals surface area contributed by atoms with Crippen LogP contribution in [0.1, 0.15) is 27.9 Å². The zero-order chi connectivity index (χ0) is 29.3. The summed E-state index contributed by atoms with van der Waals surface area (Å²) in [6.07, 6.45) is -8.32. The average Bonchev–Trinajstić information content (AvgIpc) is 2.95. The van der Waals surface area contributed by atoms with Crippen LogP contribution in [0.3, 0.4) is 0 Å². The predicted molar refractivity (Wildman–Crippen MR) is 158 cm³/mol. The van der Waals surface area contributed by atoms with Gasteiger partial charge in [0, 0.05) is 29.9 Å². The number of aryl methyl sites for hydroxylation is 1. The van der Waals surface area contributed by atoms with Gasteiger partial charge in [-0.2, -0.15) is 0 Å². The monoisotopic (exact) mass is 602 g/mol. The lowest BCUT2D eigenvalue weighted by atomic mass is 9.86. The van der Waals surface area contributed by atoms with E-state index in [2.05, 4.69) is 0 Å². The molecule has 3 aromatic carbocycles. The highest BCUT2D eigenvalue weighted by molar-refractivity contribution is 8.76. The van der Waals surface area contributed by atoms with Crippen LogP contribution in [0.15, 0.2) is 48.5 Å². The Kier molecular flexibility index (Phi) is 9.34. The average molecular weight is 603 g/mol.